The lowest BCUT2D eigenvalue weighted by atomic mass is 10.1. The van der Waals surface area contributed by atoms with Crippen molar-refractivity contribution in [1.82, 2.24) is 4.90 Å². The van der Waals surface area contributed by atoms with Gasteiger partial charge in [-0.05, 0) is 44.0 Å². The van der Waals surface area contributed by atoms with Gasteiger partial charge in [-0.15, -0.1) is 0 Å². The Kier molecular flexibility index (Phi) is 6.76. The molecule has 0 aliphatic carbocycles. The van der Waals surface area contributed by atoms with Crippen molar-refractivity contribution in [3.8, 4) is 5.75 Å². The van der Waals surface area contributed by atoms with Gasteiger partial charge in [0.1, 0.15) is 5.75 Å². The Balaban J connectivity index is 2.46. The van der Waals surface area contributed by atoms with E-state index < -0.39 is 0 Å². The SMILES string of the molecule is CCOc1ccc(CN(C)CC(CC)CO)cc1. The second-order valence-corrected chi connectivity index (χ2v) is 4.73. The average Bonchev–Trinajstić information content (AvgIpc) is 2.38. The molecule has 0 spiro atoms. The largest absolute Gasteiger partial charge is 0.494 e. The molecular weight excluding hydrogens is 226 g/mol. The summed E-state index contributed by atoms with van der Waals surface area (Å²) in [5.41, 5.74) is 1.27. The van der Waals surface area contributed by atoms with E-state index in [4.69, 9.17) is 4.74 Å². The summed E-state index contributed by atoms with van der Waals surface area (Å²) in [6.07, 6.45) is 1.02. The van der Waals surface area contributed by atoms with Gasteiger partial charge >= 0.3 is 0 Å². The summed E-state index contributed by atoms with van der Waals surface area (Å²) >= 11 is 0. The molecule has 0 aromatic heterocycles. The number of hydrogen-bond acceptors (Lipinski definition) is 3. The quantitative estimate of drug-likeness (QED) is 0.770. The molecule has 18 heavy (non-hydrogen) atoms. The van der Waals surface area contributed by atoms with Crippen molar-refractivity contribution in [3.05, 3.63) is 29.8 Å². The highest BCUT2D eigenvalue weighted by molar-refractivity contribution is 5.27. The summed E-state index contributed by atoms with van der Waals surface area (Å²) in [4.78, 5) is 2.25. The zero-order valence-electron chi connectivity index (χ0n) is 11.7. The smallest absolute Gasteiger partial charge is 0.119 e. The molecule has 0 amide bonds. The summed E-state index contributed by atoms with van der Waals surface area (Å²) in [5.74, 6) is 1.29. The van der Waals surface area contributed by atoms with Gasteiger partial charge in [-0.3, -0.25) is 0 Å². The minimum absolute atomic E-state index is 0.268. The maximum Gasteiger partial charge on any atom is 0.119 e. The minimum Gasteiger partial charge on any atom is -0.494 e. The number of hydrogen-bond donors (Lipinski definition) is 1. The Morgan fingerprint density at radius 1 is 1.22 bits per heavy atom. The highest BCUT2D eigenvalue weighted by Crippen LogP contribution is 2.14. The first kappa shape index (κ1) is 15.0. The van der Waals surface area contributed by atoms with E-state index >= 15 is 0 Å². The zero-order valence-corrected chi connectivity index (χ0v) is 11.7. The number of aliphatic hydroxyl groups is 1. The highest BCUT2D eigenvalue weighted by atomic mass is 16.5. The van der Waals surface area contributed by atoms with Crippen LogP contribution in [0.15, 0.2) is 24.3 Å². The van der Waals surface area contributed by atoms with E-state index in [1.54, 1.807) is 0 Å². The van der Waals surface area contributed by atoms with Gasteiger partial charge in [0.2, 0.25) is 0 Å². The maximum atomic E-state index is 9.19. The normalized spacial score (nSPS) is 12.7. The van der Waals surface area contributed by atoms with E-state index in [0.29, 0.717) is 12.5 Å². The van der Waals surface area contributed by atoms with Gasteiger partial charge in [-0.1, -0.05) is 19.1 Å². The second-order valence-electron chi connectivity index (χ2n) is 4.73. The highest BCUT2D eigenvalue weighted by Gasteiger charge is 2.08. The molecule has 0 fully saturated rings. The summed E-state index contributed by atoms with van der Waals surface area (Å²) in [7, 11) is 2.09. The summed E-state index contributed by atoms with van der Waals surface area (Å²) in [6, 6.07) is 8.22. The molecule has 1 atom stereocenters. The van der Waals surface area contributed by atoms with Crippen molar-refractivity contribution < 1.29 is 9.84 Å². The second kappa shape index (κ2) is 8.11. The average molecular weight is 251 g/mol. The van der Waals surface area contributed by atoms with E-state index in [1.807, 2.05) is 19.1 Å². The predicted octanol–water partition coefficient (Wildman–Crippen LogP) is 2.54. The van der Waals surface area contributed by atoms with Gasteiger partial charge in [-0.2, -0.15) is 0 Å². The summed E-state index contributed by atoms with van der Waals surface area (Å²) < 4.78 is 5.42. The fraction of sp³-hybridized carbons (Fsp3) is 0.600. The van der Waals surface area contributed by atoms with Crippen LogP contribution in [0.5, 0.6) is 5.75 Å². The van der Waals surface area contributed by atoms with Crippen LogP contribution in [0, 0.1) is 5.92 Å². The Labute approximate surface area is 110 Å². The fourth-order valence-electron chi connectivity index (χ4n) is 1.99. The van der Waals surface area contributed by atoms with Crippen molar-refractivity contribution in [1.29, 1.82) is 0 Å². The van der Waals surface area contributed by atoms with E-state index in [0.717, 1.165) is 25.3 Å². The van der Waals surface area contributed by atoms with Gasteiger partial charge in [0.15, 0.2) is 0 Å². The van der Waals surface area contributed by atoms with Gasteiger partial charge in [-0.25, -0.2) is 0 Å². The molecule has 1 N–H and O–H groups in total. The number of nitrogens with zero attached hydrogens (tertiary/aromatic N) is 1. The molecule has 1 rings (SSSR count). The third kappa shape index (κ3) is 5.07. The molecule has 1 aromatic rings. The van der Waals surface area contributed by atoms with Crippen LogP contribution in [-0.4, -0.2) is 36.8 Å². The third-order valence-corrected chi connectivity index (χ3v) is 3.09. The molecule has 3 nitrogen and oxygen atoms in total. The van der Waals surface area contributed by atoms with E-state index in [2.05, 4.69) is 31.0 Å². The third-order valence-electron chi connectivity index (χ3n) is 3.09. The minimum atomic E-state index is 0.268. The van der Waals surface area contributed by atoms with Crippen LogP contribution in [0.2, 0.25) is 0 Å². The van der Waals surface area contributed by atoms with Crippen LogP contribution in [0.4, 0.5) is 0 Å². The standard InChI is InChI=1S/C15H25NO2/c1-4-13(12-17)10-16(3)11-14-6-8-15(9-7-14)18-5-2/h6-9,13,17H,4-5,10-12H2,1-3H3. The number of benzene rings is 1. The molecule has 3 heteroatoms. The van der Waals surface area contributed by atoms with Crippen molar-refractivity contribution >= 4 is 0 Å². The first-order chi connectivity index (χ1) is 8.69. The van der Waals surface area contributed by atoms with Crippen LogP contribution >= 0.6 is 0 Å². The molecule has 0 saturated carbocycles. The van der Waals surface area contributed by atoms with Crippen LogP contribution in [-0.2, 0) is 6.54 Å². The van der Waals surface area contributed by atoms with Gasteiger partial charge in [0.25, 0.3) is 0 Å². The summed E-state index contributed by atoms with van der Waals surface area (Å²) in [6.45, 7) is 6.91. The van der Waals surface area contributed by atoms with Gasteiger partial charge in [0, 0.05) is 19.7 Å². The fourth-order valence-corrected chi connectivity index (χ4v) is 1.99. The van der Waals surface area contributed by atoms with E-state index in [9.17, 15) is 5.11 Å². The zero-order chi connectivity index (χ0) is 13.4. The van der Waals surface area contributed by atoms with Gasteiger partial charge < -0.3 is 14.7 Å². The van der Waals surface area contributed by atoms with E-state index in [1.165, 1.54) is 5.56 Å². The monoisotopic (exact) mass is 251 g/mol. The molecule has 0 heterocycles. The maximum absolute atomic E-state index is 9.19. The number of aliphatic hydroxyl groups excluding tert-OH is 1. The lowest BCUT2D eigenvalue weighted by molar-refractivity contribution is 0.173. The lowest BCUT2D eigenvalue weighted by Gasteiger charge is -2.21. The molecule has 0 radical (unpaired) electrons. The van der Waals surface area contributed by atoms with E-state index in [-0.39, 0.29) is 6.61 Å². The van der Waals surface area contributed by atoms with Gasteiger partial charge in [0.05, 0.1) is 6.61 Å². The molecule has 0 saturated heterocycles. The van der Waals surface area contributed by atoms with Crippen molar-refractivity contribution in [2.45, 2.75) is 26.8 Å². The molecule has 102 valence electrons. The van der Waals surface area contributed by atoms with Crippen LogP contribution in [0.25, 0.3) is 0 Å². The van der Waals surface area contributed by atoms with Crippen LogP contribution in [0.3, 0.4) is 0 Å². The molecule has 0 aliphatic rings. The van der Waals surface area contributed by atoms with Crippen molar-refractivity contribution in [2.24, 2.45) is 5.92 Å². The molecule has 0 bridgehead atoms. The Hall–Kier alpha value is -1.06. The van der Waals surface area contributed by atoms with Crippen LogP contribution < -0.4 is 4.74 Å². The Bertz CT molecular complexity index is 320. The Morgan fingerprint density at radius 2 is 1.89 bits per heavy atom. The molecule has 1 unspecified atom stereocenters. The molecule has 1 aromatic carbocycles. The first-order valence-corrected chi connectivity index (χ1v) is 6.70. The molecule has 0 aliphatic heterocycles. The number of ether oxygens (including phenoxy) is 1. The van der Waals surface area contributed by atoms with Crippen molar-refractivity contribution in [2.75, 3.05) is 26.8 Å². The topological polar surface area (TPSA) is 32.7 Å². The summed E-state index contributed by atoms with van der Waals surface area (Å²) in [5, 5.41) is 9.19. The number of rotatable bonds is 8. The lowest BCUT2D eigenvalue weighted by Crippen LogP contribution is -2.26. The first-order valence-electron chi connectivity index (χ1n) is 6.70. The predicted molar refractivity (Wildman–Crippen MR) is 74.8 cm³/mol. The van der Waals surface area contributed by atoms with Crippen LogP contribution in [0.1, 0.15) is 25.8 Å². The Morgan fingerprint density at radius 3 is 2.39 bits per heavy atom. The van der Waals surface area contributed by atoms with Crippen molar-refractivity contribution in [3.63, 3.8) is 0 Å². The molecular formula is C15H25NO2.